The molecule has 0 aromatic heterocycles. The van der Waals surface area contributed by atoms with Crippen molar-refractivity contribution in [3.8, 4) is 17.2 Å². The highest BCUT2D eigenvalue weighted by molar-refractivity contribution is 5.95. The molecule has 0 radical (unpaired) electrons. The van der Waals surface area contributed by atoms with Gasteiger partial charge in [0, 0.05) is 5.70 Å². The Morgan fingerprint density at radius 3 is 2.28 bits per heavy atom. The molecule has 0 bridgehead atoms. The van der Waals surface area contributed by atoms with E-state index < -0.39 is 18.0 Å². The van der Waals surface area contributed by atoms with Crippen LogP contribution in [0.1, 0.15) is 29.7 Å². The number of ether oxygens (including phenoxy) is 4. The summed E-state index contributed by atoms with van der Waals surface area (Å²) in [5, 5.41) is 5.47. The van der Waals surface area contributed by atoms with E-state index in [1.54, 1.807) is 32.2 Å². The van der Waals surface area contributed by atoms with Crippen LogP contribution in [-0.2, 0) is 22.7 Å². The fourth-order valence-electron chi connectivity index (χ4n) is 3.88. The molecule has 2 amide bonds. The van der Waals surface area contributed by atoms with Crippen molar-refractivity contribution < 1.29 is 28.5 Å². The van der Waals surface area contributed by atoms with Crippen LogP contribution >= 0.6 is 0 Å². The molecule has 0 fully saturated rings. The zero-order valence-corrected chi connectivity index (χ0v) is 20.4. The monoisotopic (exact) mass is 488 g/mol. The van der Waals surface area contributed by atoms with Crippen molar-refractivity contribution >= 4 is 12.0 Å². The Hall–Kier alpha value is -4.46. The standard InChI is InChI=1S/C28H28N2O6/c1-18-25(27(31)36-17-19-7-5-4-6-8-19)26(30-28(32)29-18)21-11-14-23(24(15-21)34-3)35-16-20-9-12-22(33-2)13-10-20/h4-15,26H,16-17H2,1-3H3,(H2,29,30,32). The Kier molecular flexibility index (Phi) is 7.75. The fraction of sp³-hybridized carbons (Fsp3) is 0.214. The van der Waals surface area contributed by atoms with Gasteiger partial charge in [-0.2, -0.15) is 0 Å². The van der Waals surface area contributed by atoms with Gasteiger partial charge in [-0.15, -0.1) is 0 Å². The van der Waals surface area contributed by atoms with Gasteiger partial charge in [0.15, 0.2) is 11.5 Å². The van der Waals surface area contributed by atoms with Crippen molar-refractivity contribution in [2.24, 2.45) is 0 Å². The summed E-state index contributed by atoms with van der Waals surface area (Å²) in [6.07, 6.45) is 0. The van der Waals surface area contributed by atoms with E-state index in [0.717, 1.165) is 16.9 Å². The average Bonchev–Trinajstić information content (AvgIpc) is 2.91. The van der Waals surface area contributed by atoms with E-state index in [2.05, 4.69) is 10.6 Å². The summed E-state index contributed by atoms with van der Waals surface area (Å²) in [5.74, 6) is 1.26. The predicted molar refractivity (Wildman–Crippen MR) is 134 cm³/mol. The molecule has 1 unspecified atom stereocenters. The van der Waals surface area contributed by atoms with Crippen molar-refractivity contribution in [3.05, 3.63) is 101 Å². The zero-order chi connectivity index (χ0) is 25.5. The number of benzene rings is 3. The van der Waals surface area contributed by atoms with Gasteiger partial charge < -0.3 is 29.6 Å². The molecule has 3 aromatic rings. The van der Waals surface area contributed by atoms with Gasteiger partial charge in [0.1, 0.15) is 19.0 Å². The average molecular weight is 489 g/mol. The van der Waals surface area contributed by atoms with Crippen molar-refractivity contribution in [1.29, 1.82) is 0 Å². The molecule has 1 aliphatic heterocycles. The van der Waals surface area contributed by atoms with Crippen LogP contribution in [0.5, 0.6) is 17.2 Å². The predicted octanol–water partition coefficient (Wildman–Crippen LogP) is 4.65. The topological polar surface area (TPSA) is 95.1 Å². The largest absolute Gasteiger partial charge is 0.497 e. The number of hydrogen-bond acceptors (Lipinski definition) is 6. The number of amides is 2. The van der Waals surface area contributed by atoms with Gasteiger partial charge >= 0.3 is 12.0 Å². The van der Waals surface area contributed by atoms with E-state index >= 15 is 0 Å². The van der Waals surface area contributed by atoms with Gasteiger partial charge in [-0.1, -0.05) is 48.5 Å². The minimum atomic E-state index is -0.716. The Morgan fingerprint density at radius 2 is 1.58 bits per heavy atom. The van der Waals surface area contributed by atoms with Crippen molar-refractivity contribution in [1.82, 2.24) is 10.6 Å². The molecule has 0 spiro atoms. The van der Waals surface area contributed by atoms with Crippen LogP contribution in [0.4, 0.5) is 4.79 Å². The summed E-state index contributed by atoms with van der Waals surface area (Å²) in [6.45, 7) is 2.13. The first kappa shape index (κ1) is 24.7. The lowest BCUT2D eigenvalue weighted by molar-refractivity contribution is -0.140. The lowest BCUT2D eigenvalue weighted by atomic mass is 9.95. The summed E-state index contributed by atoms with van der Waals surface area (Å²) in [7, 11) is 3.16. The number of urea groups is 1. The first-order valence-electron chi connectivity index (χ1n) is 11.4. The van der Waals surface area contributed by atoms with E-state index in [1.165, 1.54) is 7.11 Å². The van der Waals surface area contributed by atoms with E-state index in [9.17, 15) is 9.59 Å². The number of nitrogens with one attached hydrogen (secondary N) is 2. The maximum atomic E-state index is 13.1. The Bertz CT molecular complexity index is 1250. The molecular formula is C28H28N2O6. The summed E-state index contributed by atoms with van der Waals surface area (Å²) < 4.78 is 22.3. The minimum absolute atomic E-state index is 0.124. The number of rotatable bonds is 9. The number of methoxy groups -OCH3 is 2. The van der Waals surface area contributed by atoms with Crippen LogP contribution in [0.15, 0.2) is 84.1 Å². The van der Waals surface area contributed by atoms with Crippen LogP contribution in [0, 0.1) is 0 Å². The third-order valence-electron chi connectivity index (χ3n) is 5.78. The van der Waals surface area contributed by atoms with Gasteiger partial charge in [-0.25, -0.2) is 9.59 Å². The summed E-state index contributed by atoms with van der Waals surface area (Å²) in [5.41, 5.74) is 3.24. The summed E-state index contributed by atoms with van der Waals surface area (Å²) in [4.78, 5) is 25.3. The molecule has 186 valence electrons. The Morgan fingerprint density at radius 1 is 0.861 bits per heavy atom. The zero-order valence-electron chi connectivity index (χ0n) is 20.4. The Balaban J connectivity index is 1.53. The smallest absolute Gasteiger partial charge is 0.338 e. The highest BCUT2D eigenvalue weighted by atomic mass is 16.5. The molecular weight excluding hydrogens is 460 g/mol. The van der Waals surface area contributed by atoms with Gasteiger partial charge in [-0.3, -0.25) is 0 Å². The second kappa shape index (κ2) is 11.3. The van der Waals surface area contributed by atoms with Crippen molar-refractivity contribution in [3.63, 3.8) is 0 Å². The van der Waals surface area contributed by atoms with Crippen LogP contribution in [0.2, 0.25) is 0 Å². The normalized spacial score (nSPS) is 15.0. The number of allylic oxidation sites excluding steroid dienone is 1. The molecule has 2 N–H and O–H groups in total. The molecule has 0 saturated heterocycles. The maximum Gasteiger partial charge on any atom is 0.338 e. The van der Waals surface area contributed by atoms with Crippen LogP contribution in [0.3, 0.4) is 0 Å². The van der Waals surface area contributed by atoms with Gasteiger partial charge in [-0.05, 0) is 47.9 Å². The third-order valence-corrected chi connectivity index (χ3v) is 5.78. The lowest BCUT2D eigenvalue weighted by Crippen LogP contribution is -2.45. The number of carbonyl (C=O) groups is 2. The Labute approximate surface area is 209 Å². The second-order valence-corrected chi connectivity index (χ2v) is 8.18. The highest BCUT2D eigenvalue weighted by Crippen LogP contribution is 2.35. The number of carbonyl (C=O) groups excluding carboxylic acids is 2. The summed E-state index contributed by atoms with van der Waals surface area (Å²) in [6, 6.07) is 21.2. The third kappa shape index (κ3) is 5.78. The summed E-state index contributed by atoms with van der Waals surface area (Å²) >= 11 is 0. The molecule has 8 nitrogen and oxygen atoms in total. The van der Waals surface area contributed by atoms with Crippen LogP contribution in [0.25, 0.3) is 0 Å². The van der Waals surface area contributed by atoms with Crippen LogP contribution in [-0.4, -0.2) is 26.2 Å². The van der Waals surface area contributed by atoms with Crippen molar-refractivity contribution in [2.45, 2.75) is 26.2 Å². The first-order valence-corrected chi connectivity index (χ1v) is 11.4. The highest BCUT2D eigenvalue weighted by Gasteiger charge is 2.32. The van der Waals surface area contributed by atoms with E-state index in [0.29, 0.717) is 34.9 Å². The molecule has 0 saturated carbocycles. The number of esters is 1. The van der Waals surface area contributed by atoms with E-state index in [4.69, 9.17) is 18.9 Å². The van der Waals surface area contributed by atoms with Crippen LogP contribution < -0.4 is 24.8 Å². The molecule has 3 aromatic carbocycles. The van der Waals surface area contributed by atoms with Crippen molar-refractivity contribution in [2.75, 3.05) is 14.2 Å². The molecule has 4 rings (SSSR count). The quantitative estimate of drug-likeness (QED) is 0.426. The molecule has 36 heavy (non-hydrogen) atoms. The first-order chi connectivity index (χ1) is 17.5. The minimum Gasteiger partial charge on any atom is -0.497 e. The molecule has 1 atom stereocenters. The molecule has 0 aliphatic carbocycles. The van der Waals surface area contributed by atoms with Gasteiger partial charge in [0.2, 0.25) is 0 Å². The lowest BCUT2D eigenvalue weighted by Gasteiger charge is -2.28. The van der Waals surface area contributed by atoms with Gasteiger partial charge in [0.05, 0.1) is 25.8 Å². The van der Waals surface area contributed by atoms with E-state index in [1.807, 2.05) is 54.6 Å². The second-order valence-electron chi connectivity index (χ2n) is 8.18. The number of hydrogen-bond donors (Lipinski definition) is 2. The fourth-order valence-corrected chi connectivity index (χ4v) is 3.88. The van der Waals surface area contributed by atoms with E-state index in [-0.39, 0.29) is 6.61 Å². The molecule has 1 aliphatic rings. The maximum absolute atomic E-state index is 13.1. The molecule has 8 heteroatoms. The molecule has 1 heterocycles. The van der Waals surface area contributed by atoms with Gasteiger partial charge in [0.25, 0.3) is 0 Å². The SMILES string of the molecule is COc1ccc(COc2ccc(C3NC(=O)NC(C)=C3C(=O)OCc3ccccc3)cc2OC)cc1.